The standard InChI is InChI=1S/C13H20F3N5O2S.ClH/c1-12(2)8-20(4-5-21(12)24(3,22)23)11-18-9(7-17)6-10(19-11)13(14,15)16;/h6H,4-5,7-8,17H2,1-3H3;1H. The maximum Gasteiger partial charge on any atom is 0.433 e. The zero-order valence-corrected chi connectivity index (χ0v) is 15.7. The van der Waals surface area contributed by atoms with Gasteiger partial charge in [0.1, 0.15) is 5.69 Å². The number of halogens is 4. The highest BCUT2D eigenvalue weighted by Gasteiger charge is 2.40. The summed E-state index contributed by atoms with van der Waals surface area (Å²) < 4.78 is 64.0. The van der Waals surface area contributed by atoms with Crippen molar-refractivity contribution in [3.63, 3.8) is 0 Å². The Morgan fingerprint density at radius 3 is 2.32 bits per heavy atom. The van der Waals surface area contributed by atoms with Crippen LogP contribution in [0.1, 0.15) is 25.2 Å². The minimum Gasteiger partial charge on any atom is -0.338 e. The number of aromatic nitrogens is 2. The van der Waals surface area contributed by atoms with E-state index in [9.17, 15) is 21.6 Å². The van der Waals surface area contributed by atoms with E-state index < -0.39 is 27.4 Å². The fourth-order valence-electron chi connectivity index (χ4n) is 2.80. The van der Waals surface area contributed by atoms with Crippen LogP contribution in [0.15, 0.2) is 6.07 Å². The highest BCUT2D eigenvalue weighted by atomic mass is 35.5. The summed E-state index contributed by atoms with van der Waals surface area (Å²) in [4.78, 5) is 9.21. The van der Waals surface area contributed by atoms with Crippen molar-refractivity contribution in [3.8, 4) is 0 Å². The lowest BCUT2D eigenvalue weighted by atomic mass is 10.0. The molecule has 0 amide bonds. The molecule has 1 aromatic heterocycles. The van der Waals surface area contributed by atoms with Crippen LogP contribution < -0.4 is 10.6 Å². The fraction of sp³-hybridized carbons (Fsp3) is 0.692. The molecule has 2 N–H and O–H groups in total. The van der Waals surface area contributed by atoms with Gasteiger partial charge in [0.05, 0.1) is 11.9 Å². The quantitative estimate of drug-likeness (QED) is 0.816. The van der Waals surface area contributed by atoms with E-state index in [1.165, 1.54) is 4.31 Å². The van der Waals surface area contributed by atoms with E-state index in [1.807, 2.05) is 0 Å². The minimum atomic E-state index is -4.61. The van der Waals surface area contributed by atoms with Gasteiger partial charge >= 0.3 is 6.18 Å². The molecule has 1 aliphatic heterocycles. The van der Waals surface area contributed by atoms with E-state index in [0.717, 1.165) is 12.3 Å². The van der Waals surface area contributed by atoms with Crippen molar-refractivity contribution in [1.82, 2.24) is 14.3 Å². The number of alkyl halides is 3. The van der Waals surface area contributed by atoms with E-state index in [1.54, 1.807) is 18.7 Å². The van der Waals surface area contributed by atoms with Crippen LogP contribution in [0.25, 0.3) is 0 Å². The van der Waals surface area contributed by atoms with E-state index in [0.29, 0.717) is 0 Å². The fourth-order valence-corrected chi connectivity index (χ4v) is 4.17. The number of anilines is 1. The minimum absolute atomic E-state index is 0. The first-order valence-corrected chi connectivity index (χ1v) is 9.07. The topological polar surface area (TPSA) is 92.4 Å². The Morgan fingerprint density at radius 2 is 1.88 bits per heavy atom. The maximum atomic E-state index is 13.0. The average Bonchev–Trinajstić information content (AvgIpc) is 2.43. The highest BCUT2D eigenvalue weighted by molar-refractivity contribution is 7.88. The number of nitrogens with zero attached hydrogens (tertiary/aromatic N) is 4. The van der Waals surface area contributed by atoms with Gasteiger partial charge in [0, 0.05) is 31.7 Å². The lowest BCUT2D eigenvalue weighted by molar-refractivity contribution is -0.141. The number of hydrogen-bond acceptors (Lipinski definition) is 6. The second kappa shape index (κ2) is 7.22. The van der Waals surface area contributed by atoms with Crippen molar-refractivity contribution in [2.45, 2.75) is 32.1 Å². The Kier molecular flexibility index (Phi) is 6.31. The Hall–Kier alpha value is -1.17. The summed E-state index contributed by atoms with van der Waals surface area (Å²) in [5.41, 5.74) is 3.65. The summed E-state index contributed by atoms with van der Waals surface area (Å²) in [5, 5.41) is 0. The van der Waals surface area contributed by atoms with Crippen molar-refractivity contribution in [1.29, 1.82) is 0 Å². The van der Waals surface area contributed by atoms with Crippen LogP contribution in [0.3, 0.4) is 0 Å². The van der Waals surface area contributed by atoms with Gasteiger partial charge < -0.3 is 10.6 Å². The van der Waals surface area contributed by atoms with E-state index >= 15 is 0 Å². The number of sulfonamides is 1. The lowest BCUT2D eigenvalue weighted by Gasteiger charge is -2.45. The molecule has 0 bridgehead atoms. The summed E-state index contributed by atoms with van der Waals surface area (Å²) in [5.74, 6) is -0.0912. The molecule has 2 heterocycles. The number of piperazine rings is 1. The molecule has 1 saturated heterocycles. The maximum absolute atomic E-state index is 13.0. The van der Waals surface area contributed by atoms with Crippen molar-refractivity contribution in [2.75, 3.05) is 30.8 Å². The van der Waals surface area contributed by atoms with Crippen molar-refractivity contribution in [2.24, 2.45) is 5.73 Å². The molecular formula is C13H21ClF3N5O2S. The first kappa shape index (κ1) is 21.9. The van der Waals surface area contributed by atoms with Crippen molar-refractivity contribution >= 4 is 28.4 Å². The largest absolute Gasteiger partial charge is 0.433 e. The number of nitrogens with two attached hydrogens (primary N) is 1. The second-order valence-electron chi connectivity index (χ2n) is 6.32. The Labute approximate surface area is 150 Å². The SMILES string of the molecule is CC1(C)CN(c2nc(CN)cc(C(F)(F)F)n2)CCN1S(C)(=O)=O.Cl. The third kappa shape index (κ3) is 4.93. The summed E-state index contributed by atoms with van der Waals surface area (Å²) in [6.45, 7) is 3.78. The van der Waals surface area contributed by atoms with Crippen LogP contribution in [0.4, 0.5) is 19.1 Å². The van der Waals surface area contributed by atoms with Gasteiger partial charge in [0.25, 0.3) is 0 Å². The lowest BCUT2D eigenvalue weighted by Crippen LogP contribution is -2.61. The third-order valence-electron chi connectivity index (χ3n) is 3.78. The molecule has 7 nitrogen and oxygen atoms in total. The molecule has 0 aliphatic carbocycles. The van der Waals surface area contributed by atoms with Gasteiger partial charge in [-0.3, -0.25) is 0 Å². The van der Waals surface area contributed by atoms with Crippen LogP contribution in [0.5, 0.6) is 0 Å². The molecule has 25 heavy (non-hydrogen) atoms. The molecule has 12 heteroatoms. The zero-order chi connectivity index (χ0) is 18.3. The van der Waals surface area contributed by atoms with Crippen LogP contribution in [0, 0.1) is 0 Å². The predicted molar refractivity (Wildman–Crippen MR) is 90.0 cm³/mol. The molecule has 1 fully saturated rings. The molecule has 0 unspecified atom stereocenters. The van der Waals surface area contributed by atoms with Crippen molar-refractivity contribution in [3.05, 3.63) is 17.5 Å². The van der Waals surface area contributed by atoms with E-state index in [-0.39, 0.29) is 50.2 Å². The van der Waals surface area contributed by atoms with Gasteiger partial charge in [0.2, 0.25) is 16.0 Å². The van der Waals surface area contributed by atoms with Gasteiger partial charge in [-0.15, -0.1) is 12.4 Å². The normalized spacial score (nSPS) is 18.8. The molecule has 0 radical (unpaired) electrons. The molecule has 1 aromatic rings. The van der Waals surface area contributed by atoms with Crippen molar-refractivity contribution < 1.29 is 21.6 Å². The monoisotopic (exact) mass is 403 g/mol. The predicted octanol–water partition coefficient (Wildman–Crippen LogP) is 1.24. The average molecular weight is 404 g/mol. The molecule has 0 spiro atoms. The van der Waals surface area contributed by atoms with Crippen LogP contribution in [0.2, 0.25) is 0 Å². The summed E-state index contributed by atoms with van der Waals surface area (Å²) in [6.07, 6.45) is -3.50. The molecule has 2 rings (SSSR count). The van der Waals surface area contributed by atoms with Crippen LogP contribution >= 0.6 is 12.4 Å². The zero-order valence-electron chi connectivity index (χ0n) is 14.0. The molecule has 1 aliphatic rings. The summed E-state index contributed by atoms with van der Waals surface area (Å²) in [6, 6.07) is 0.821. The van der Waals surface area contributed by atoms with Crippen LogP contribution in [-0.4, -0.2) is 54.1 Å². The Bertz CT molecular complexity index is 727. The van der Waals surface area contributed by atoms with Gasteiger partial charge in [0.15, 0.2) is 0 Å². The first-order valence-electron chi connectivity index (χ1n) is 7.22. The Balaban J connectivity index is 0.00000312. The summed E-state index contributed by atoms with van der Waals surface area (Å²) in [7, 11) is -3.42. The molecule has 0 aromatic carbocycles. The van der Waals surface area contributed by atoms with Gasteiger partial charge in [-0.1, -0.05) is 0 Å². The second-order valence-corrected chi connectivity index (χ2v) is 8.22. The smallest absolute Gasteiger partial charge is 0.338 e. The molecule has 144 valence electrons. The van der Waals surface area contributed by atoms with Crippen LogP contribution in [-0.2, 0) is 22.7 Å². The highest BCUT2D eigenvalue weighted by Crippen LogP contribution is 2.31. The van der Waals surface area contributed by atoms with Gasteiger partial charge in [-0.25, -0.2) is 18.4 Å². The number of hydrogen-bond donors (Lipinski definition) is 1. The Morgan fingerprint density at radius 1 is 1.28 bits per heavy atom. The molecular weight excluding hydrogens is 383 g/mol. The van der Waals surface area contributed by atoms with Gasteiger partial charge in [-0.2, -0.15) is 17.5 Å². The first-order chi connectivity index (χ1) is 10.8. The van der Waals surface area contributed by atoms with E-state index in [4.69, 9.17) is 5.73 Å². The van der Waals surface area contributed by atoms with E-state index in [2.05, 4.69) is 9.97 Å². The van der Waals surface area contributed by atoms with Gasteiger partial charge in [-0.05, 0) is 19.9 Å². The molecule has 0 saturated carbocycles. The summed E-state index contributed by atoms with van der Waals surface area (Å²) >= 11 is 0. The molecule has 0 atom stereocenters. The third-order valence-corrected chi connectivity index (χ3v) is 5.25. The number of rotatable bonds is 3.